The summed E-state index contributed by atoms with van der Waals surface area (Å²) in [6.45, 7) is 2.74. The number of nitrogens with zero attached hydrogens (tertiary/aromatic N) is 2. The van der Waals surface area contributed by atoms with Gasteiger partial charge in [0.1, 0.15) is 5.37 Å². The fourth-order valence-electron chi connectivity index (χ4n) is 1.52. The minimum absolute atomic E-state index is 0.109. The van der Waals surface area contributed by atoms with Crippen molar-refractivity contribution in [1.29, 1.82) is 0 Å². The van der Waals surface area contributed by atoms with Gasteiger partial charge in [-0.25, -0.2) is 0 Å². The smallest absolute Gasteiger partial charge is 0.290 e. The first-order valence-electron chi connectivity index (χ1n) is 4.50. The van der Waals surface area contributed by atoms with Gasteiger partial charge in [-0.05, 0) is 11.8 Å². The van der Waals surface area contributed by atoms with Gasteiger partial charge < -0.3 is 4.74 Å². The Labute approximate surface area is 86.4 Å². The maximum atomic E-state index is 11.6. The Hall–Kier alpha value is -0.590. The molecule has 6 heteroatoms. The highest BCUT2D eigenvalue weighted by molar-refractivity contribution is 8.15. The highest BCUT2D eigenvalue weighted by atomic mass is 32.2. The van der Waals surface area contributed by atoms with Crippen LogP contribution in [0.1, 0.15) is 0 Å². The molecule has 2 aliphatic heterocycles. The molecule has 2 heterocycles. The van der Waals surface area contributed by atoms with Crippen molar-refractivity contribution in [2.75, 3.05) is 33.4 Å². The predicted molar refractivity (Wildman–Crippen MR) is 51.9 cm³/mol. The summed E-state index contributed by atoms with van der Waals surface area (Å²) in [6.07, 6.45) is 0. The van der Waals surface area contributed by atoms with Crippen LogP contribution in [0.2, 0.25) is 0 Å². The molecule has 1 atom stereocenters. The molecule has 0 aromatic rings. The standard InChI is InChI=1S/C8H12N2O3S/c1-9-6(11)7(14-8(9)12)10-2-4-13-5-3-10/h7H,2-5H2,1H3. The molecule has 0 aromatic carbocycles. The number of carbonyl (C=O) groups is 2. The van der Waals surface area contributed by atoms with Crippen molar-refractivity contribution < 1.29 is 14.3 Å². The fraction of sp³-hybridized carbons (Fsp3) is 0.750. The molecule has 14 heavy (non-hydrogen) atoms. The lowest BCUT2D eigenvalue weighted by atomic mass is 10.4. The van der Waals surface area contributed by atoms with Gasteiger partial charge in [-0.1, -0.05) is 0 Å². The van der Waals surface area contributed by atoms with Crippen molar-refractivity contribution in [1.82, 2.24) is 9.80 Å². The first-order valence-corrected chi connectivity index (χ1v) is 5.38. The largest absolute Gasteiger partial charge is 0.379 e. The second-order valence-corrected chi connectivity index (χ2v) is 4.31. The van der Waals surface area contributed by atoms with Crippen molar-refractivity contribution in [2.45, 2.75) is 5.37 Å². The lowest BCUT2D eigenvalue weighted by Gasteiger charge is -2.29. The SMILES string of the molecule is CN1C(=O)SC(N2CCOCC2)C1=O. The number of rotatable bonds is 1. The number of imide groups is 1. The summed E-state index contributed by atoms with van der Waals surface area (Å²) in [7, 11) is 1.53. The molecule has 1 unspecified atom stereocenters. The summed E-state index contributed by atoms with van der Waals surface area (Å²) in [5.41, 5.74) is 0. The molecule has 78 valence electrons. The van der Waals surface area contributed by atoms with Crippen molar-refractivity contribution in [3.8, 4) is 0 Å². The van der Waals surface area contributed by atoms with Gasteiger partial charge in [0.05, 0.1) is 13.2 Å². The van der Waals surface area contributed by atoms with E-state index in [0.29, 0.717) is 13.2 Å². The molecule has 0 spiro atoms. The van der Waals surface area contributed by atoms with Crippen LogP contribution in [-0.2, 0) is 9.53 Å². The first kappa shape index (κ1) is 9.95. The van der Waals surface area contributed by atoms with Gasteiger partial charge in [0.15, 0.2) is 0 Å². The number of hydrogen-bond acceptors (Lipinski definition) is 5. The molecule has 2 fully saturated rings. The minimum Gasteiger partial charge on any atom is -0.379 e. The third-order valence-corrected chi connectivity index (χ3v) is 3.60. The van der Waals surface area contributed by atoms with Crippen molar-refractivity contribution in [3.05, 3.63) is 0 Å². The van der Waals surface area contributed by atoms with Crippen molar-refractivity contribution >= 4 is 22.9 Å². The van der Waals surface area contributed by atoms with E-state index in [2.05, 4.69) is 0 Å². The average molecular weight is 216 g/mol. The fourth-order valence-corrected chi connectivity index (χ4v) is 2.58. The van der Waals surface area contributed by atoms with Gasteiger partial charge in [-0.2, -0.15) is 0 Å². The van der Waals surface area contributed by atoms with Crippen molar-refractivity contribution in [2.24, 2.45) is 0 Å². The normalized spacial score (nSPS) is 30.1. The second-order valence-electron chi connectivity index (χ2n) is 3.28. The molecule has 0 N–H and O–H groups in total. The first-order chi connectivity index (χ1) is 6.70. The summed E-state index contributed by atoms with van der Waals surface area (Å²) < 4.78 is 5.19. The summed E-state index contributed by atoms with van der Waals surface area (Å²) in [6, 6.07) is 0. The quantitative estimate of drug-likeness (QED) is 0.616. The third-order valence-electron chi connectivity index (χ3n) is 2.41. The van der Waals surface area contributed by atoms with E-state index in [4.69, 9.17) is 4.74 Å². The number of morpholine rings is 1. The molecule has 0 bridgehead atoms. The topological polar surface area (TPSA) is 49.9 Å². The van der Waals surface area contributed by atoms with Crippen LogP contribution in [0, 0.1) is 0 Å². The van der Waals surface area contributed by atoms with E-state index >= 15 is 0 Å². The second kappa shape index (κ2) is 3.88. The molecular weight excluding hydrogens is 204 g/mol. The Morgan fingerprint density at radius 3 is 2.50 bits per heavy atom. The van der Waals surface area contributed by atoms with Crippen molar-refractivity contribution in [3.63, 3.8) is 0 Å². The number of hydrogen-bond donors (Lipinski definition) is 0. The zero-order valence-corrected chi connectivity index (χ0v) is 8.75. The number of carbonyl (C=O) groups excluding carboxylic acids is 2. The lowest BCUT2D eigenvalue weighted by Crippen LogP contribution is -2.45. The highest BCUT2D eigenvalue weighted by Crippen LogP contribution is 2.28. The Morgan fingerprint density at radius 2 is 2.00 bits per heavy atom. The molecule has 0 aromatic heterocycles. The van der Waals surface area contributed by atoms with Gasteiger partial charge >= 0.3 is 0 Å². The zero-order valence-electron chi connectivity index (χ0n) is 7.93. The van der Waals surface area contributed by atoms with Crippen LogP contribution in [0.3, 0.4) is 0 Å². The molecule has 2 rings (SSSR count). The maximum absolute atomic E-state index is 11.6. The van der Waals surface area contributed by atoms with Crippen LogP contribution in [-0.4, -0.2) is 59.7 Å². The van der Waals surface area contributed by atoms with Gasteiger partial charge in [0.2, 0.25) is 0 Å². The monoisotopic (exact) mass is 216 g/mol. The van der Waals surface area contributed by atoms with Gasteiger partial charge in [0.25, 0.3) is 11.1 Å². The van der Waals surface area contributed by atoms with E-state index in [-0.39, 0.29) is 16.5 Å². The highest BCUT2D eigenvalue weighted by Gasteiger charge is 2.41. The van der Waals surface area contributed by atoms with E-state index in [0.717, 1.165) is 24.9 Å². The Bertz CT molecular complexity index is 265. The van der Waals surface area contributed by atoms with E-state index < -0.39 is 0 Å². The van der Waals surface area contributed by atoms with E-state index in [1.165, 1.54) is 11.9 Å². The van der Waals surface area contributed by atoms with Crippen LogP contribution in [0.4, 0.5) is 4.79 Å². The molecular formula is C8H12N2O3S. The number of amides is 2. The molecule has 2 amide bonds. The van der Waals surface area contributed by atoms with Gasteiger partial charge in [-0.15, -0.1) is 0 Å². The van der Waals surface area contributed by atoms with Gasteiger partial charge in [0, 0.05) is 20.1 Å². The average Bonchev–Trinajstić information content (AvgIpc) is 2.47. The number of ether oxygens (including phenoxy) is 1. The number of likely N-dealkylation sites (N-methyl/N-ethyl adjacent to an activating group) is 1. The molecule has 2 saturated heterocycles. The zero-order chi connectivity index (χ0) is 10.1. The summed E-state index contributed by atoms with van der Waals surface area (Å²) in [5, 5.41) is -0.483. The van der Waals surface area contributed by atoms with Gasteiger partial charge in [-0.3, -0.25) is 19.4 Å². The van der Waals surface area contributed by atoms with Crippen LogP contribution >= 0.6 is 11.8 Å². The van der Waals surface area contributed by atoms with E-state index in [1.807, 2.05) is 4.90 Å². The lowest BCUT2D eigenvalue weighted by molar-refractivity contribution is -0.129. The predicted octanol–water partition coefficient (Wildman–Crippen LogP) is -0.0301. The van der Waals surface area contributed by atoms with E-state index in [1.54, 1.807) is 0 Å². The van der Waals surface area contributed by atoms with Crippen LogP contribution < -0.4 is 0 Å². The van der Waals surface area contributed by atoms with Crippen LogP contribution in [0.25, 0.3) is 0 Å². The van der Waals surface area contributed by atoms with Crippen LogP contribution in [0.5, 0.6) is 0 Å². The molecule has 5 nitrogen and oxygen atoms in total. The Morgan fingerprint density at radius 1 is 1.36 bits per heavy atom. The molecule has 0 radical (unpaired) electrons. The van der Waals surface area contributed by atoms with E-state index in [9.17, 15) is 9.59 Å². The Balaban J connectivity index is 2.04. The maximum Gasteiger partial charge on any atom is 0.290 e. The Kier molecular flexibility index (Phi) is 2.76. The molecule has 2 aliphatic rings. The minimum atomic E-state index is -0.323. The summed E-state index contributed by atoms with van der Waals surface area (Å²) in [4.78, 5) is 26.0. The summed E-state index contributed by atoms with van der Waals surface area (Å²) >= 11 is 1.10. The van der Waals surface area contributed by atoms with Crippen LogP contribution in [0.15, 0.2) is 0 Å². The third kappa shape index (κ3) is 1.65. The number of thioether (sulfide) groups is 1. The molecule has 0 saturated carbocycles. The molecule has 0 aliphatic carbocycles. The summed E-state index contributed by atoms with van der Waals surface area (Å²) in [5.74, 6) is -0.109.